The third-order valence-corrected chi connectivity index (χ3v) is 1.81. The van der Waals surface area contributed by atoms with Crippen molar-refractivity contribution in [2.45, 2.75) is 19.0 Å². The molecule has 94 valence electrons. The molecule has 0 fully saturated rings. The van der Waals surface area contributed by atoms with Gasteiger partial charge in [0.25, 0.3) is 0 Å². The number of aromatic hydroxyl groups is 2. The highest BCUT2D eigenvalue weighted by molar-refractivity contribution is 5.76. The molecule has 0 bridgehead atoms. The van der Waals surface area contributed by atoms with Crippen molar-refractivity contribution in [2.24, 2.45) is 5.72 Å². The largest absolute Gasteiger partial charge is 0.504 e. The molecule has 0 amide bonds. The van der Waals surface area contributed by atoms with Crippen LogP contribution in [0.25, 0.3) is 0 Å². The quantitative estimate of drug-likeness (QED) is 0.431. The molecule has 0 aliphatic rings. The predicted molar refractivity (Wildman–Crippen MR) is 59.3 cm³/mol. The van der Waals surface area contributed by atoms with Crippen LogP contribution in [0.5, 0.6) is 11.5 Å². The summed E-state index contributed by atoms with van der Waals surface area (Å²) in [6.45, 7) is 1.18. The fourth-order valence-corrected chi connectivity index (χ4v) is 0.994. The first-order valence-electron chi connectivity index (χ1n) is 7.55. The van der Waals surface area contributed by atoms with Crippen molar-refractivity contribution in [2.75, 3.05) is 6.61 Å². The number of ether oxygens (including phenoxy) is 1. The van der Waals surface area contributed by atoms with E-state index in [-0.39, 0.29) is 6.61 Å². The lowest BCUT2D eigenvalue weighted by atomic mass is 10.0. The van der Waals surface area contributed by atoms with Crippen molar-refractivity contribution in [1.82, 2.24) is 0 Å². The van der Waals surface area contributed by atoms with E-state index in [1.54, 1.807) is 0 Å². The zero-order valence-corrected chi connectivity index (χ0v) is 8.89. The second kappa shape index (κ2) is 5.51. The number of phenolic OH excluding ortho intramolecular Hbond substituents is 2. The number of carbonyl (C=O) groups is 1. The van der Waals surface area contributed by atoms with Crippen LogP contribution in [0.15, 0.2) is 18.1 Å². The van der Waals surface area contributed by atoms with Crippen LogP contribution in [-0.2, 0) is 9.53 Å². The minimum absolute atomic E-state index is 0.216. The van der Waals surface area contributed by atoms with Gasteiger partial charge in [-0.15, -0.1) is 0 Å². The van der Waals surface area contributed by atoms with E-state index in [0.29, 0.717) is 0 Å². The molecule has 1 aromatic carbocycles. The first-order valence-corrected chi connectivity index (χ1v) is 4.66. The summed E-state index contributed by atoms with van der Waals surface area (Å²) in [6, 6.07) is -5.95. The van der Waals surface area contributed by atoms with Crippen LogP contribution in [0.1, 0.15) is 24.1 Å². The second-order valence-electron chi connectivity index (χ2n) is 2.99. The highest BCUT2D eigenvalue weighted by Gasteiger charge is 2.25. The molecule has 0 heterocycles. The Balaban J connectivity index is 3.59. The molecular weight excluding hydrogens is 226 g/mol. The predicted octanol–water partition coefficient (Wildman–Crippen LogP) is 0.0216. The van der Waals surface area contributed by atoms with E-state index in [1.807, 2.05) is 0 Å². The maximum atomic E-state index is 11.8. The lowest BCUT2D eigenvalue weighted by molar-refractivity contribution is -0.147. The Bertz CT molecular complexity index is 598. The van der Waals surface area contributed by atoms with E-state index < -0.39 is 59.0 Å². The van der Waals surface area contributed by atoms with Gasteiger partial charge in [-0.25, -0.2) is 0 Å². The van der Waals surface area contributed by atoms with Crippen LogP contribution in [-0.4, -0.2) is 33.9 Å². The number of phenols is 2. The number of nitrogens with two attached hydrogens (primary N) is 1. The molecule has 0 aliphatic carbocycles. The molecule has 0 aromatic heterocycles. The van der Waals surface area contributed by atoms with Gasteiger partial charge in [0.15, 0.2) is 11.5 Å². The number of aliphatic hydroxyl groups excluding tert-OH is 1. The van der Waals surface area contributed by atoms with E-state index in [0.717, 1.165) is 0 Å². The van der Waals surface area contributed by atoms with Crippen LogP contribution in [0, 0.1) is 0 Å². The third-order valence-electron chi connectivity index (χ3n) is 1.81. The lowest BCUT2D eigenvalue weighted by Gasteiger charge is -2.17. The van der Waals surface area contributed by atoms with Gasteiger partial charge in [0, 0.05) is 0 Å². The van der Waals surface area contributed by atoms with E-state index >= 15 is 0 Å². The van der Waals surface area contributed by atoms with Crippen molar-refractivity contribution in [3.63, 3.8) is 0 Å². The summed E-state index contributed by atoms with van der Waals surface area (Å²) in [6.07, 6.45) is -2.44. The maximum Gasteiger partial charge on any atom is 0.325 e. The Kier molecular flexibility index (Phi) is 2.21. The smallest absolute Gasteiger partial charge is 0.325 e. The van der Waals surface area contributed by atoms with E-state index in [9.17, 15) is 20.1 Å². The SMILES string of the molecule is [2H]c1c([2H])c([C@@H](O)[C@@]([2H])(C(=O)OCC)N([2H])[2H])c([2H])c(O)c1O. The van der Waals surface area contributed by atoms with Crippen molar-refractivity contribution >= 4 is 5.97 Å². The average molecular weight is 247 g/mol. The normalized spacial score (nSPS) is 21.1. The van der Waals surface area contributed by atoms with Crippen molar-refractivity contribution in [3.05, 3.63) is 23.7 Å². The van der Waals surface area contributed by atoms with Gasteiger partial charge < -0.3 is 25.8 Å². The Morgan fingerprint density at radius 2 is 2.35 bits per heavy atom. The molecule has 0 saturated heterocycles. The first-order chi connectivity index (χ1) is 10.5. The number of hydrogen-bond acceptors (Lipinski definition) is 6. The summed E-state index contributed by atoms with van der Waals surface area (Å²) in [7, 11) is 0. The average Bonchev–Trinajstić information content (AvgIpc) is 2.50. The standard InChI is InChI=1S/C11H15NO5/c1-2-17-11(16)9(12)10(15)6-3-4-7(13)8(14)5-6/h3-5,9-10,13-15H,2,12H2,1H3/t9-,10+/m0/s1/i3D,4D,5D,9D/hD2. The van der Waals surface area contributed by atoms with E-state index in [2.05, 4.69) is 4.74 Å². The summed E-state index contributed by atoms with van der Waals surface area (Å²) < 4.78 is 49.5. The molecule has 2 atom stereocenters. The van der Waals surface area contributed by atoms with Gasteiger partial charge in [-0.05, 0) is 24.6 Å². The molecule has 0 aliphatic heterocycles. The molecule has 6 heteroatoms. The minimum atomic E-state index is -3.07. The molecule has 0 radical (unpaired) electrons. The van der Waals surface area contributed by atoms with E-state index in [1.165, 1.54) is 6.92 Å². The highest BCUT2D eigenvalue weighted by Crippen LogP contribution is 2.28. The van der Waals surface area contributed by atoms with Crippen LogP contribution in [0.3, 0.4) is 0 Å². The maximum absolute atomic E-state index is 11.8. The number of rotatable bonds is 5. The van der Waals surface area contributed by atoms with Crippen molar-refractivity contribution < 1.29 is 33.2 Å². The van der Waals surface area contributed by atoms with Crippen LogP contribution in [0.4, 0.5) is 0 Å². The molecule has 17 heavy (non-hydrogen) atoms. The Hall–Kier alpha value is -1.79. The van der Waals surface area contributed by atoms with Crippen molar-refractivity contribution in [1.29, 1.82) is 0 Å². The van der Waals surface area contributed by atoms with Gasteiger partial charge >= 0.3 is 5.97 Å². The van der Waals surface area contributed by atoms with Crippen molar-refractivity contribution in [3.8, 4) is 11.5 Å². The summed E-state index contributed by atoms with van der Waals surface area (Å²) >= 11 is 0. The topological polar surface area (TPSA) is 113 Å². The molecule has 6 nitrogen and oxygen atoms in total. The Morgan fingerprint density at radius 3 is 2.94 bits per heavy atom. The summed E-state index contributed by atoms with van der Waals surface area (Å²) in [5.41, 5.74) is -1.33. The lowest BCUT2D eigenvalue weighted by Crippen LogP contribution is -2.38. The van der Waals surface area contributed by atoms with Gasteiger partial charge in [-0.2, -0.15) is 0 Å². The summed E-state index contributed by atoms with van der Waals surface area (Å²) in [5.74, 6) is -3.69. The number of hydrogen-bond donors (Lipinski definition) is 4. The molecule has 1 rings (SSSR count). The molecule has 0 spiro atoms. The van der Waals surface area contributed by atoms with Gasteiger partial charge in [0.1, 0.15) is 14.9 Å². The zero-order chi connectivity index (χ0) is 18.1. The van der Waals surface area contributed by atoms with E-state index in [4.69, 9.17) is 8.31 Å². The van der Waals surface area contributed by atoms with Gasteiger partial charge in [0.2, 0.25) is 0 Å². The molecular formula is C11H15NO5. The second-order valence-corrected chi connectivity index (χ2v) is 2.99. The monoisotopic (exact) mass is 247 g/mol. The summed E-state index contributed by atoms with van der Waals surface area (Å²) in [5, 5.41) is 29.2. The first kappa shape index (κ1) is 6.83. The zero-order valence-electron chi connectivity index (χ0n) is 14.9. The third kappa shape index (κ3) is 3.08. The van der Waals surface area contributed by atoms with Crippen LogP contribution in [0.2, 0.25) is 2.82 Å². The Labute approximate surface area is 107 Å². The molecule has 0 unspecified atom stereocenters. The summed E-state index contributed by atoms with van der Waals surface area (Å²) in [4.78, 5) is 11.8. The molecule has 0 saturated carbocycles. The van der Waals surface area contributed by atoms with Gasteiger partial charge in [0.05, 0.1) is 12.1 Å². The number of benzene rings is 1. The fraction of sp³-hybridized carbons (Fsp3) is 0.364. The number of aliphatic hydroxyl groups is 1. The Morgan fingerprint density at radius 1 is 1.65 bits per heavy atom. The van der Waals surface area contributed by atoms with Gasteiger partial charge in [-0.3, -0.25) is 4.79 Å². The minimum Gasteiger partial charge on any atom is -0.504 e. The fourth-order valence-electron chi connectivity index (χ4n) is 0.994. The molecule has 1 aromatic rings. The highest BCUT2D eigenvalue weighted by atomic mass is 16.5. The van der Waals surface area contributed by atoms with Crippen LogP contribution >= 0.6 is 0 Å². The number of esters is 1. The molecule has 5 N–H and O–H groups in total. The van der Waals surface area contributed by atoms with Gasteiger partial charge in [-0.1, -0.05) is 6.04 Å². The number of carbonyl (C=O) groups excluding carboxylic acids is 1. The van der Waals surface area contributed by atoms with Crippen LogP contribution < -0.4 is 5.72 Å².